The van der Waals surface area contributed by atoms with E-state index in [0.29, 0.717) is 0 Å². The van der Waals surface area contributed by atoms with Crippen LogP contribution < -0.4 is 5.32 Å². The van der Waals surface area contributed by atoms with E-state index in [-0.39, 0.29) is 0 Å². The minimum Gasteiger partial charge on any atom is -0.348 e. The molecule has 1 heterocycles. The van der Waals surface area contributed by atoms with Crippen molar-refractivity contribution in [1.82, 2.24) is 15.3 Å². The lowest BCUT2D eigenvalue weighted by Gasteiger charge is -2.32. The highest BCUT2D eigenvalue weighted by atomic mass is 14.9. The van der Waals surface area contributed by atoms with Gasteiger partial charge in [-0.25, -0.2) is 4.98 Å². The molecule has 0 amide bonds. The number of aromatic amines is 1. The van der Waals surface area contributed by atoms with Gasteiger partial charge in [-0.05, 0) is 31.1 Å². The predicted molar refractivity (Wildman–Crippen MR) is 66.3 cm³/mol. The van der Waals surface area contributed by atoms with Gasteiger partial charge in [-0.15, -0.1) is 0 Å². The Balaban J connectivity index is 1.69. The van der Waals surface area contributed by atoms with Crippen LogP contribution in [0.25, 0.3) is 0 Å². The molecule has 2 N–H and O–H groups in total. The van der Waals surface area contributed by atoms with Gasteiger partial charge in [0.05, 0.1) is 6.33 Å². The average molecular weight is 221 g/mol. The van der Waals surface area contributed by atoms with Crippen LogP contribution in [0.5, 0.6) is 0 Å². The normalized spacial score (nSPS) is 30.5. The molecule has 1 fully saturated rings. The van der Waals surface area contributed by atoms with Gasteiger partial charge in [-0.3, -0.25) is 0 Å². The van der Waals surface area contributed by atoms with Crippen LogP contribution >= 0.6 is 0 Å². The standard InChI is InChI=1S/C13H23N3/c1-10-5-11(2)7-13(6-10)15-4-3-12-8-14-9-16-12/h8-11,13,15H,3-7H2,1-2H3,(H,14,16). The second-order valence-corrected chi connectivity index (χ2v) is 5.40. The van der Waals surface area contributed by atoms with Crippen LogP contribution in [0.4, 0.5) is 0 Å². The predicted octanol–water partition coefficient (Wildman–Crippen LogP) is 2.37. The fourth-order valence-corrected chi connectivity index (χ4v) is 2.95. The highest BCUT2D eigenvalue weighted by Crippen LogP contribution is 2.28. The molecule has 0 radical (unpaired) electrons. The van der Waals surface area contributed by atoms with E-state index in [1.807, 2.05) is 6.20 Å². The molecule has 0 spiro atoms. The van der Waals surface area contributed by atoms with E-state index in [1.54, 1.807) is 6.33 Å². The first-order valence-electron chi connectivity index (χ1n) is 6.44. The fourth-order valence-electron chi connectivity index (χ4n) is 2.95. The average Bonchev–Trinajstić information content (AvgIpc) is 2.69. The highest BCUT2D eigenvalue weighted by molar-refractivity contribution is 4.94. The molecule has 0 saturated heterocycles. The summed E-state index contributed by atoms with van der Waals surface area (Å²) in [5.41, 5.74) is 1.23. The number of imidazole rings is 1. The number of rotatable bonds is 4. The summed E-state index contributed by atoms with van der Waals surface area (Å²) in [4.78, 5) is 7.17. The van der Waals surface area contributed by atoms with Crippen LogP contribution in [-0.2, 0) is 6.42 Å². The molecule has 2 rings (SSSR count). The van der Waals surface area contributed by atoms with Gasteiger partial charge in [0, 0.05) is 30.9 Å². The van der Waals surface area contributed by atoms with Gasteiger partial charge in [0.25, 0.3) is 0 Å². The van der Waals surface area contributed by atoms with Gasteiger partial charge < -0.3 is 10.3 Å². The SMILES string of the molecule is CC1CC(C)CC(NCCc2cnc[nH]2)C1. The zero-order valence-corrected chi connectivity index (χ0v) is 10.4. The lowest BCUT2D eigenvalue weighted by molar-refractivity contribution is 0.240. The van der Waals surface area contributed by atoms with Crippen molar-refractivity contribution in [2.24, 2.45) is 11.8 Å². The maximum Gasteiger partial charge on any atom is 0.0921 e. The molecular formula is C13H23N3. The summed E-state index contributed by atoms with van der Waals surface area (Å²) in [6.07, 6.45) is 8.80. The van der Waals surface area contributed by atoms with Crippen LogP contribution in [-0.4, -0.2) is 22.6 Å². The zero-order valence-electron chi connectivity index (χ0n) is 10.4. The Labute approximate surface area is 98.1 Å². The van der Waals surface area contributed by atoms with E-state index < -0.39 is 0 Å². The monoisotopic (exact) mass is 221 g/mol. The fraction of sp³-hybridized carbons (Fsp3) is 0.769. The third-order valence-corrected chi connectivity index (χ3v) is 3.56. The van der Waals surface area contributed by atoms with Gasteiger partial charge in [-0.1, -0.05) is 13.8 Å². The zero-order chi connectivity index (χ0) is 11.4. The van der Waals surface area contributed by atoms with E-state index >= 15 is 0 Å². The molecule has 3 nitrogen and oxygen atoms in total. The van der Waals surface area contributed by atoms with Crippen molar-refractivity contribution in [3.63, 3.8) is 0 Å². The molecule has 1 aromatic heterocycles. The molecule has 1 aromatic rings. The maximum atomic E-state index is 4.03. The molecule has 1 aliphatic rings. The first-order valence-corrected chi connectivity index (χ1v) is 6.44. The smallest absolute Gasteiger partial charge is 0.0921 e. The molecule has 2 unspecified atom stereocenters. The molecule has 90 valence electrons. The Morgan fingerprint density at radius 2 is 2.06 bits per heavy atom. The van der Waals surface area contributed by atoms with E-state index in [2.05, 4.69) is 29.1 Å². The van der Waals surface area contributed by atoms with Crippen LogP contribution in [0, 0.1) is 11.8 Å². The summed E-state index contributed by atoms with van der Waals surface area (Å²) in [6, 6.07) is 0.724. The summed E-state index contributed by atoms with van der Waals surface area (Å²) in [5, 5.41) is 3.67. The van der Waals surface area contributed by atoms with Crippen molar-refractivity contribution in [1.29, 1.82) is 0 Å². The number of nitrogens with zero attached hydrogens (tertiary/aromatic N) is 1. The lowest BCUT2D eigenvalue weighted by atomic mass is 9.80. The second kappa shape index (κ2) is 5.48. The summed E-state index contributed by atoms with van der Waals surface area (Å²) in [7, 11) is 0. The first-order chi connectivity index (χ1) is 7.74. The molecule has 16 heavy (non-hydrogen) atoms. The van der Waals surface area contributed by atoms with E-state index in [4.69, 9.17) is 0 Å². The lowest BCUT2D eigenvalue weighted by Crippen LogP contribution is -2.37. The third kappa shape index (κ3) is 3.34. The molecular weight excluding hydrogens is 198 g/mol. The topological polar surface area (TPSA) is 40.7 Å². The Morgan fingerprint density at radius 1 is 1.31 bits per heavy atom. The first kappa shape index (κ1) is 11.6. The molecule has 3 heteroatoms. The quantitative estimate of drug-likeness (QED) is 0.819. The summed E-state index contributed by atoms with van der Waals surface area (Å²) >= 11 is 0. The van der Waals surface area contributed by atoms with Crippen molar-refractivity contribution >= 4 is 0 Å². The molecule has 1 aliphatic carbocycles. The summed E-state index contributed by atoms with van der Waals surface area (Å²) in [5.74, 6) is 1.77. The number of nitrogens with one attached hydrogen (secondary N) is 2. The van der Waals surface area contributed by atoms with Gasteiger partial charge in [0.1, 0.15) is 0 Å². The van der Waals surface area contributed by atoms with Crippen LogP contribution in [0.3, 0.4) is 0 Å². The summed E-state index contributed by atoms with van der Waals surface area (Å²) < 4.78 is 0. The number of hydrogen-bond acceptors (Lipinski definition) is 2. The van der Waals surface area contributed by atoms with Crippen molar-refractivity contribution in [2.75, 3.05) is 6.54 Å². The van der Waals surface area contributed by atoms with Gasteiger partial charge in [0.2, 0.25) is 0 Å². The number of hydrogen-bond donors (Lipinski definition) is 2. The highest BCUT2D eigenvalue weighted by Gasteiger charge is 2.23. The van der Waals surface area contributed by atoms with Crippen molar-refractivity contribution in [3.05, 3.63) is 18.2 Å². The van der Waals surface area contributed by atoms with Crippen molar-refractivity contribution in [3.8, 4) is 0 Å². The van der Waals surface area contributed by atoms with Crippen molar-refractivity contribution < 1.29 is 0 Å². The van der Waals surface area contributed by atoms with E-state index in [0.717, 1.165) is 30.8 Å². The molecule has 0 bridgehead atoms. The largest absolute Gasteiger partial charge is 0.348 e. The minimum atomic E-state index is 0.724. The summed E-state index contributed by atoms with van der Waals surface area (Å²) in [6.45, 7) is 5.81. The minimum absolute atomic E-state index is 0.724. The van der Waals surface area contributed by atoms with Crippen LogP contribution in [0.2, 0.25) is 0 Å². The Kier molecular flexibility index (Phi) is 3.99. The Morgan fingerprint density at radius 3 is 2.69 bits per heavy atom. The number of H-pyrrole nitrogens is 1. The van der Waals surface area contributed by atoms with Crippen LogP contribution in [0.1, 0.15) is 38.8 Å². The molecule has 2 atom stereocenters. The van der Waals surface area contributed by atoms with Gasteiger partial charge in [-0.2, -0.15) is 0 Å². The Hall–Kier alpha value is -0.830. The number of aromatic nitrogens is 2. The maximum absolute atomic E-state index is 4.03. The molecule has 1 saturated carbocycles. The van der Waals surface area contributed by atoms with Gasteiger partial charge >= 0.3 is 0 Å². The Bertz CT molecular complexity index is 284. The van der Waals surface area contributed by atoms with Gasteiger partial charge in [0.15, 0.2) is 0 Å². The van der Waals surface area contributed by atoms with E-state index in [1.165, 1.54) is 25.0 Å². The third-order valence-electron chi connectivity index (χ3n) is 3.56. The van der Waals surface area contributed by atoms with Crippen LogP contribution in [0.15, 0.2) is 12.5 Å². The molecule has 0 aliphatic heterocycles. The second-order valence-electron chi connectivity index (χ2n) is 5.40. The molecule has 0 aromatic carbocycles. The van der Waals surface area contributed by atoms with Crippen molar-refractivity contribution in [2.45, 2.75) is 45.6 Å². The van der Waals surface area contributed by atoms with E-state index in [9.17, 15) is 0 Å².